The second kappa shape index (κ2) is 9.61. The van der Waals surface area contributed by atoms with Crippen molar-refractivity contribution in [2.45, 2.75) is 64.3 Å². The average Bonchev–Trinajstić information content (AvgIpc) is 2.73. The summed E-state index contributed by atoms with van der Waals surface area (Å²) in [6.07, 6.45) is 2.44. The average molecular weight is 445 g/mol. The van der Waals surface area contributed by atoms with Crippen LogP contribution < -0.4 is 14.4 Å². The molecule has 1 aliphatic heterocycles. The van der Waals surface area contributed by atoms with Gasteiger partial charge in [-0.2, -0.15) is 0 Å². The number of hydrogen-bond acceptors (Lipinski definition) is 4. The highest BCUT2D eigenvalue weighted by atomic mass is 32.2. The number of benzene rings is 2. The molecule has 170 valence electrons. The Balaban J connectivity index is 1.78. The lowest BCUT2D eigenvalue weighted by atomic mass is 9.98. The fourth-order valence-corrected chi connectivity index (χ4v) is 5.69. The molecule has 1 atom stereocenters. The predicted molar refractivity (Wildman–Crippen MR) is 128 cm³/mol. The molecule has 0 amide bonds. The van der Waals surface area contributed by atoms with E-state index in [0.29, 0.717) is 10.5 Å². The Bertz CT molecular complexity index is 992. The van der Waals surface area contributed by atoms with Gasteiger partial charge < -0.3 is 9.64 Å². The fourth-order valence-electron chi connectivity index (χ4n) is 4.20. The first-order valence-electron chi connectivity index (χ1n) is 11.2. The highest BCUT2D eigenvalue weighted by Gasteiger charge is 2.23. The topological polar surface area (TPSA) is 58.6 Å². The van der Waals surface area contributed by atoms with E-state index in [1.54, 1.807) is 20.1 Å². The molecule has 0 spiro atoms. The smallest absolute Gasteiger partial charge is 0.241 e. The maximum absolute atomic E-state index is 13.2. The second-order valence-corrected chi connectivity index (χ2v) is 10.8. The standard InChI is InChI=1S/C25H36N2O3S/c1-17(2)23-16-25(19(4)15-24(23)30-6)31(28,29)26-20(5)21-7-9-22(10-8-21)27-13-11-18(3)12-14-27/h7-10,15-18,20,26H,11-14H2,1-6H3/t20-/m1/s1. The van der Waals surface area contributed by atoms with Crippen molar-refractivity contribution < 1.29 is 13.2 Å². The third-order valence-electron chi connectivity index (χ3n) is 6.31. The highest BCUT2D eigenvalue weighted by Crippen LogP contribution is 2.32. The van der Waals surface area contributed by atoms with E-state index in [1.165, 1.54) is 18.5 Å². The largest absolute Gasteiger partial charge is 0.496 e. The number of hydrogen-bond donors (Lipinski definition) is 1. The Morgan fingerprint density at radius 3 is 2.23 bits per heavy atom. The molecule has 0 aliphatic carbocycles. The Labute approximate surface area is 187 Å². The maximum atomic E-state index is 13.2. The van der Waals surface area contributed by atoms with Gasteiger partial charge in [0.05, 0.1) is 12.0 Å². The van der Waals surface area contributed by atoms with E-state index < -0.39 is 10.0 Å². The van der Waals surface area contributed by atoms with Gasteiger partial charge in [0.15, 0.2) is 0 Å². The summed E-state index contributed by atoms with van der Waals surface area (Å²) in [6.45, 7) is 12.2. The number of aryl methyl sites for hydroxylation is 1. The lowest BCUT2D eigenvalue weighted by Gasteiger charge is -2.32. The van der Waals surface area contributed by atoms with Gasteiger partial charge in [-0.05, 0) is 79.5 Å². The number of piperidine rings is 1. The zero-order valence-electron chi connectivity index (χ0n) is 19.6. The van der Waals surface area contributed by atoms with Crippen LogP contribution in [0.5, 0.6) is 5.75 Å². The molecule has 0 radical (unpaired) electrons. The van der Waals surface area contributed by atoms with Gasteiger partial charge in [-0.3, -0.25) is 0 Å². The van der Waals surface area contributed by atoms with Crippen molar-refractivity contribution >= 4 is 15.7 Å². The Morgan fingerprint density at radius 2 is 1.68 bits per heavy atom. The number of sulfonamides is 1. The summed E-state index contributed by atoms with van der Waals surface area (Å²) in [5.74, 6) is 1.68. The summed E-state index contributed by atoms with van der Waals surface area (Å²) < 4.78 is 34.7. The number of nitrogens with one attached hydrogen (secondary N) is 1. The van der Waals surface area contributed by atoms with Crippen molar-refractivity contribution in [1.82, 2.24) is 4.72 Å². The summed E-state index contributed by atoms with van der Waals surface area (Å²) in [6, 6.07) is 11.5. The van der Waals surface area contributed by atoms with Crippen LogP contribution in [0.1, 0.15) is 69.2 Å². The van der Waals surface area contributed by atoms with E-state index >= 15 is 0 Å². The number of ether oxygens (including phenoxy) is 1. The van der Waals surface area contributed by atoms with E-state index in [1.807, 2.05) is 39.0 Å². The number of anilines is 1. The van der Waals surface area contributed by atoms with Crippen LogP contribution in [0.15, 0.2) is 41.3 Å². The van der Waals surface area contributed by atoms with Gasteiger partial charge in [0.2, 0.25) is 10.0 Å². The predicted octanol–water partition coefficient (Wildman–Crippen LogP) is 5.40. The number of rotatable bonds is 7. The molecule has 1 heterocycles. The highest BCUT2D eigenvalue weighted by molar-refractivity contribution is 7.89. The van der Waals surface area contributed by atoms with Gasteiger partial charge in [0, 0.05) is 24.8 Å². The molecule has 1 aliphatic rings. The lowest BCUT2D eigenvalue weighted by molar-refractivity contribution is 0.406. The minimum Gasteiger partial charge on any atom is -0.496 e. The van der Waals surface area contributed by atoms with Crippen molar-refractivity contribution in [1.29, 1.82) is 0 Å². The summed E-state index contributed by atoms with van der Waals surface area (Å²) in [5, 5.41) is 0. The number of methoxy groups -OCH3 is 1. The molecule has 5 nitrogen and oxygen atoms in total. The summed E-state index contributed by atoms with van der Waals surface area (Å²) in [4.78, 5) is 2.72. The van der Waals surface area contributed by atoms with Gasteiger partial charge in [0.25, 0.3) is 0 Å². The van der Waals surface area contributed by atoms with E-state index in [4.69, 9.17) is 4.74 Å². The van der Waals surface area contributed by atoms with Crippen LogP contribution >= 0.6 is 0 Å². The lowest BCUT2D eigenvalue weighted by Crippen LogP contribution is -2.32. The van der Waals surface area contributed by atoms with Crippen LogP contribution in [0.25, 0.3) is 0 Å². The zero-order valence-corrected chi connectivity index (χ0v) is 20.4. The molecule has 6 heteroatoms. The molecule has 1 fully saturated rings. The molecule has 0 unspecified atom stereocenters. The normalized spacial score (nSPS) is 16.5. The van der Waals surface area contributed by atoms with Crippen molar-refractivity contribution in [3.05, 3.63) is 53.1 Å². The zero-order chi connectivity index (χ0) is 22.8. The molecule has 0 aromatic heterocycles. The van der Waals surface area contributed by atoms with Crippen molar-refractivity contribution in [2.75, 3.05) is 25.1 Å². The summed E-state index contributed by atoms with van der Waals surface area (Å²) >= 11 is 0. The van der Waals surface area contributed by atoms with Gasteiger partial charge >= 0.3 is 0 Å². The molecular formula is C25H36N2O3S. The minimum atomic E-state index is -3.67. The van der Waals surface area contributed by atoms with Crippen molar-refractivity contribution in [3.63, 3.8) is 0 Å². The Kier molecular flexibility index (Phi) is 7.32. The van der Waals surface area contributed by atoms with Gasteiger partial charge in [-0.1, -0.05) is 32.9 Å². The van der Waals surface area contributed by atoms with Crippen LogP contribution in [0, 0.1) is 12.8 Å². The molecule has 2 aromatic carbocycles. The maximum Gasteiger partial charge on any atom is 0.241 e. The number of nitrogens with zero attached hydrogens (tertiary/aromatic N) is 1. The minimum absolute atomic E-state index is 0.159. The Hall–Kier alpha value is -2.05. The van der Waals surface area contributed by atoms with Crippen LogP contribution in [-0.2, 0) is 10.0 Å². The SMILES string of the molecule is COc1cc(C)c(S(=O)(=O)N[C@H](C)c2ccc(N3CCC(C)CC3)cc2)cc1C(C)C. The first kappa shape index (κ1) is 23.6. The molecular weight excluding hydrogens is 408 g/mol. The first-order chi connectivity index (χ1) is 14.6. The Morgan fingerprint density at radius 1 is 1.06 bits per heavy atom. The quantitative estimate of drug-likeness (QED) is 0.621. The van der Waals surface area contributed by atoms with E-state index in [0.717, 1.165) is 35.9 Å². The van der Waals surface area contributed by atoms with E-state index in [-0.39, 0.29) is 12.0 Å². The third-order valence-corrected chi connectivity index (χ3v) is 8.00. The molecule has 1 saturated heterocycles. The summed E-state index contributed by atoms with van der Waals surface area (Å²) in [5.41, 5.74) is 3.73. The van der Waals surface area contributed by atoms with Gasteiger partial charge in [-0.15, -0.1) is 0 Å². The molecule has 0 bridgehead atoms. The molecule has 3 rings (SSSR count). The van der Waals surface area contributed by atoms with Crippen LogP contribution in [0.3, 0.4) is 0 Å². The summed E-state index contributed by atoms with van der Waals surface area (Å²) in [7, 11) is -2.06. The fraction of sp³-hybridized carbons (Fsp3) is 0.520. The molecule has 0 saturated carbocycles. The van der Waals surface area contributed by atoms with E-state index in [9.17, 15) is 8.42 Å². The van der Waals surface area contributed by atoms with Gasteiger partial charge in [-0.25, -0.2) is 13.1 Å². The van der Waals surface area contributed by atoms with Crippen LogP contribution in [0.2, 0.25) is 0 Å². The van der Waals surface area contributed by atoms with Crippen molar-refractivity contribution in [3.8, 4) is 5.75 Å². The third kappa shape index (κ3) is 5.42. The van der Waals surface area contributed by atoms with Crippen LogP contribution in [0.4, 0.5) is 5.69 Å². The second-order valence-electron chi connectivity index (χ2n) is 9.12. The molecule has 1 N–H and O–H groups in total. The van der Waals surface area contributed by atoms with Crippen LogP contribution in [-0.4, -0.2) is 28.6 Å². The molecule has 31 heavy (non-hydrogen) atoms. The van der Waals surface area contributed by atoms with E-state index in [2.05, 4.69) is 28.7 Å². The van der Waals surface area contributed by atoms with Gasteiger partial charge in [0.1, 0.15) is 5.75 Å². The molecule has 2 aromatic rings. The monoisotopic (exact) mass is 444 g/mol. The first-order valence-corrected chi connectivity index (χ1v) is 12.7. The van der Waals surface area contributed by atoms with Crippen molar-refractivity contribution in [2.24, 2.45) is 5.92 Å².